The number of hydrogen-bond donors (Lipinski definition) is 0. The van der Waals surface area contributed by atoms with Crippen molar-refractivity contribution in [1.29, 1.82) is 0 Å². The standard InChI is InChI=1S/5CO.Fe.Pt/c5*1-2;;. The van der Waals surface area contributed by atoms with Gasteiger partial charge < -0.3 is 0 Å². The molecule has 0 spiro atoms. The summed E-state index contributed by atoms with van der Waals surface area (Å²) in [4.78, 5) is 53.4. The van der Waals surface area contributed by atoms with Crippen LogP contribution in [0, 0.1) is 0 Å². The first-order valence-corrected chi connectivity index (χ1v) is 4.66. The van der Waals surface area contributed by atoms with Gasteiger partial charge in [0.1, 0.15) is 0 Å². The van der Waals surface area contributed by atoms with E-state index in [1.165, 1.54) is 0 Å². The molecule has 0 atom stereocenters. The molecule has 0 aromatic carbocycles. The molecule has 0 bridgehead atoms. The van der Waals surface area contributed by atoms with Gasteiger partial charge in [-0.25, -0.2) is 0 Å². The molecule has 0 rings (SSSR count). The van der Waals surface area contributed by atoms with Crippen molar-refractivity contribution in [2.75, 3.05) is 0 Å². The van der Waals surface area contributed by atoms with Gasteiger partial charge in [0.15, 0.2) is 0 Å². The quantitative estimate of drug-likeness (QED) is 0.447. The van der Waals surface area contributed by atoms with Gasteiger partial charge in [0.2, 0.25) is 0 Å². The Morgan fingerprint density at radius 3 is 0.750 bits per heavy atom. The molecular weight excluding hydrogens is 391 g/mol. The Bertz CT molecular complexity index is 555. The molecule has 0 heterocycles. The summed E-state index contributed by atoms with van der Waals surface area (Å²) in [5.41, 5.74) is 0. The number of hydrogen-bond acceptors (Lipinski definition) is 5. The van der Waals surface area contributed by atoms with Crippen molar-refractivity contribution in [3.8, 4) is 0 Å². The molecule has 0 aliphatic carbocycles. The maximum Gasteiger partial charge on any atom is 0 e. The maximum absolute atomic E-state index is 9.96. The SMILES string of the molecule is O=[C]=[Fe](=[C]=O)(=[C]=O)(=[C]=O)=[C]=O.[Pt]. The van der Waals surface area contributed by atoms with Gasteiger partial charge >= 0.3 is 57.5 Å². The monoisotopic (exact) mass is 391 g/mol. The molecule has 12 heavy (non-hydrogen) atoms. The van der Waals surface area contributed by atoms with E-state index in [2.05, 4.69) is 0 Å². The maximum atomic E-state index is 9.96. The summed E-state index contributed by atoms with van der Waals surface area (Å²) in [7, 11) is -5.33. The first kappa shape index (κ1) is 13.7. The van der Waals surface area contributed by atoms with Gasteiger partial charge in [-0.15, -0.1) is 0 Å². The summed E-state index contributed by atoms with van der Waals surface area (Å²) in [5.74, 6) is 0. The molecule has 68 valence electrons. The van der Waals surface area contributed by atoms with Crippen molar-refractivity contribution in [3.05, 3.63) is 0 Å². The average molecular weight is 391 g/mol. The topological polar surface area (TPSA) is 85.3 Å². The molecule has 0 saturated carbocycles. The van der Waals surface area contributed by atoms with E-state index in [9.17, 15) is 24.0 Å². The van der Waals surface area contributed by atoms with E-state index < -0.39 is 9.60 Å². The molecule has 0 aliphatic heterocycles. The zero-order valence-electron chi connectivity index (χ0n) is 5.21. The van der Waals surface area contributed by atoms with Crippen molar-refractivity contribution in [3.63, 3.8) is 0 Å². The Hall–Kier alpha value is -0.892. The molecule has 0 fully saturated rings. The van der Waals surface area contributed by atoms with Crippen LogP contribution in [0.5, 0.6) is 0 Å². The molecule has 0 radical (unpaired) electrons. The minimum Gasteiger partial charge on any atom is 0 e. The van der Waals surface area contributed by atoms with Gasteiger partial charge in [-0.1, -0.05) is 0 Å². The van der Waals surface area contributed by atoms with Gasteiger partial charge in [0, 0.05) is 21.1 Å². The van der Waals surface area contributed by atoms with E-state index in [1.807, 2.05) is 0 Å². The van der Waals surface area contributed by atoms with Crippen LogP contribution in [0.3, 0.4) is 0 Å². The second-order valence-corrected chi connectivity index (χ2v) is 5.13. The van der Waals surface area contributed by atoms with E-state index >= 15 is 0 Å². The van der Waals surface area contributed by atoms with Crippen LogP contribution in [0.25, 0.3) is 0 Å². The van der Waals surface area contributed by atoms with Crippen LogP contribution in [0.2, 0.25) is 0 Å². The van der Waals surface area contributed by atoms with Gasteiger partial charge in [0.05, 0.1) is 0 Å². The zero-order valence-corrected chi connectivity index (χ0v) is 8.59. The van der Waals surface area contributed by atoms with E-state index in [-0.39, 0.29) is 21.1 Å². The van der Waals surface area contributed by atoms with Crippen LogP contribution in [0.1, 0.15) is 0 Å². The van der Waals surface area contributed by atoms with Crippen molar-refractivity contribution < 1.29 is 54.6 Å². The first-order chi connectivity index (χ1) is 5.12. The van der Waals surface area contributed by atoms with E-state index in [0.29, 0.717) is 0 Å². The Balaban J connectivity index is 0. The molecule has 7 heteroatoms. The van der Waals surface area contributed by atoms with Gasteiger partial charge in [-0.3, -0.25) is 0 Å². The third kappa shape index (κ3) is 1.64. The van der Waals surface area contributed by atoms with Gasteiger partial charge in [-0.05, 0) is 0 Å². The Morgan fingerprint density at radius 1 is 0.583 bits per heavy atom. The second kappa shape index (κ2) is 4.21. The summed E-state index contributed by atoms with van der Waals surface area (Å²) in [6.07, 6.45) is 0. The smallest absolute Gasteiger partial charge is 0 e. The predicted molar refractivity (Wildman–Crippen MR) is 28.5 cm³/mol. The fraction of sp³-hybridized carbons (Fsp3) is 0. The molecule has 0 aromatic rings. The summed E-state index contributed by atoms with van der Waals surface area (Å²) in [6.45, 7) is 0. The molecule has 0 N–H and O–H groups in total. The summed E-state index contributed by atoms with van der Waals surface area (Å²) >= 11 is 0. The Labute approximate surface area is 78.5 Å². The summed E-state index contributed by atoms with van der Waals surface area (Å²) < 4.78 is 0. The molecular formula is C5FeO5Pt. The van der Waals surface area contributed by atoms with Crippen LogP contribution >= 0.6 is 0 Å². The molecule has 0 aromatic heterocycles. The molecule has 5 nitrogen and oxygen atoms in total. The third-order valence-corrected chi connectivity index (χ3v) is 2.98. The Kier molecular flexibility index (Phi) is 4.80. The van der Waals surface area contributed by atoms with Gasteiger partial charge in [-0.2, -0.15) is 0 Å². The van der Waals surface area contributed by atoms with Crippen LogP contribution in [0.15, 0.2) is 0 Å². The fourth-order valence-electron chi connectivity index (χ4n) is 0.147. The summed E-state index contributed by atoms with van der Waals surface area (Å²) in [5, 5.41) is 0. The molecule has 0 aliphatic rings. The minimum absolute atomic E-state index is 0. The van der Waals surface area contributed by atoms with Crippen LogP contribution in [-0.2, 0) is 54.6 Å². The predicted octanol–water partition coefficient (Wildman–Crippen LogP) is -1.99. The second-order valence-electron chi connectivity index (χ2n) is 1.24. The van der Waals surface area contributed by atoms with E-state index in [0.717, 1.165) is 23.9 Å². The zero-order chi connectivity index (χ0) is 8.98. The normalized spacial score (nSPS) is 8.75. The van der Waals surface area contributed by atoms with E-state index in [1.54, 1.807) is 0 Å². The number of carbonyl (C=O) groups excluding carboxylic acids is 5. The van der Waals surface area contributed by atoms with Crippen molar-refractivity contribution in [1.82, 2.24) is 0 Å². The summed E-state index contributed by atoms with van der Waals surface area (Å²) in [6, 6.07) is 0. The number of rotatable bonds is 0. The van der Waals surface area contributed by atoms with E-state index in [4.69, 9.17) is 0 Å². The average Bonchev–Trinajstić information content (AvgIpc) is 2.12. The third-order valence-electron chi connectivity index (χ3n) is 0.722. The molecule has 0 saturated heterocycles. The minimum atomic E-state index is -5.33. The Morgan fingerprint density at radius 2 is 0.750 bits per heavy atom. The van der Waals surface area contributed by atoms with Crippen molar-refractivity contribution >= 4 is 23.9 Å². The first-order valence-electron chi connectivity index (χ1n) is 1.90. The van der Waals surface area contributed by atoms with Crippen LogP contribution in [-0.4, -0.2) is 23.9 Å². The molecule has 0 amide bonds. The molecule has 0 unspecified atom stereocenters. The largest absolute Gasteiger partial charge is 0 e. The van der Waals surface area contributed by atoms with Crippen LogP contribution < -0.4 is 0 Å². The van der Waals surface area contributed by atoms with Gasteiger partial charge in [0.25, 0.3) is 0 Å². The van der Waals surface area contributed by atoms with Crippen LogP contribution in [0.4, 0.5) is 0 Å². The van der Waals surface area contributed by atoms with Crippen molar-refractivity contribution in [2.45, 2.75) is 0 Å². The van der Waals surface area contributed by atoms with Crippen molar-refractivity contribution in [2.24, 2.45) is 0 Å². The fourth-order valence-corrected chi connectivity index (χ4v) is 0.607.